The summed E-state index contributed by atoms with van der Waals surface area (Å²) in [6, 6.07) is 6.71. The zero-order chi connectivity index (χ0) is 12.2. The third-order valence-corrected chi connectivity index (χ3v) is 3.71. The van der Waals surface area contributed by atoms with Gasteiger partial charge in [-0.2, -0.15) is 0 Å². The molecule has 0 radical (unpaired) electrons. The van der Waals surface area contributed by atoms with E-state index < -0.39 is 16.1 Å². The minimum Gasteiger partial charge on any atom is -0.389 e. The first-order chi connectivity index (χ1) is 7.46. The van der Waals surface area contributed by atoms with Crippen molar-refractivity contribution in [2.24, 2.45) is 0 Å². The van der Waals surface area contributed by atoms with Crippen LogP contribution < -0.4 is 4.72 Å². The van der Waals surface area contributed by atoms with E-state index in [1.54, 1.807) is 31.2 Å². The molecule has 0 spiro atoms. The molecule has 1 aromatic carbocycles. The molecule has 0 heterocycles. The molecule has 0 aliphatic carbocycles. The van der Waals surface area contributed by atoms with Crippen LogP contribution in [0.1, 0.15) is 18.6 Å². The second kappa shape index (κ2) is 5.52. The molecule has 1 rings (SSSR count). The zero-order valence-electron chi connectivity index (χ0n) is 8.85. The molecule has 1 atom stereocenters. The first-order valence-electron chi connectivity index (χ1n) is 4.79. The summed E-state index contributed by atoms with van der Waals surface area (Å²) in [5.74, 6) is -0.116. The number of para-hydroxylation sites is 1. The van der Waals surface area contributed by atoms with E-state index in [4.69, 9.17) is 11.6 Å². The van der Waals surface area contributed by atoms with Gasteiger partial charge in [0.15, 0.2) is 0 Å². The van der Waals surface area contributed by atoms with Crippen LogP contribution in [0.2, 0.25) is 0 Å². The van der Waals surface area contributed by atoms with Crippen molar-refractivity contribution < 1.29 is 13.5 Å². The van der Waals surface area contributed by atoms with Crippen molar-refractivity contribution in [2.45, 2.75) is 13.0 Å². The van der Waals surface area contributed by atoms with Crippen LogP contribution in [0.4, 0.5) is 5.69 Å². The lowest BCUT2D eigenvalue weighted by atomic mass is 10.1. The van der Waals surface area contributed by atoms with Crippen molar-refractivity contribution >= 4 is 27.3 Å². The normalized spacial score (nSPS) is 13.4. The summed E-state index contributed by atoms with van der Waals surface area (Å²) in [6.45, 7) is 1.58. The van der Waals surface area contributed by atoms with E-state index in [1.165, 1.54) is 0 Å². The minimum absolute atomic E-state index is 0.0339. The van der Waals surface area contributed by atoms with Crippen molar-refractivity contribution in [1.82, 2.24) is 0 Å². The molecule has 0 amide bonds. The number of anilines is 1. The molecule has 0 saturated carbocycles. The van der Waals surface area contributed by atoms with E-state index in [0.717, 1.165) is 0 Å². The van der Waals surface area contributed by atoms with Crippen LogP contribution in [0.5, 0.6) is 0 Å². The molecule has 16 heavy (non-hydrogen) atoms. The van der Waals surface area contributed by atoms with E-state index >= 15 is 0 Å². The Labute approximate surface area is 100 Å². The van der Waals surface area contributed by atoms with Gasteiger partial charge >= 0.3 is 0 Å². The van der Waals surface area contributed by atoms with Gasteiger partial charge in [-0.25, -0.2) is 8.42 Å². The van der Waals surface area contributed by atoms with Gasteiger partial charge < -0.3 is 5.11 Å². The lowest BCUT2D eigenvalue weighted by Gasteiger charge is -2.13. The van der Waals surface area contributed by atoms with Gasteiger partial charge in [-0.15, -0.1) is 11.6 Å². The summed E-state index contributed by atoms with van der Waals surface area (Å²) in [5, 5.41) is 9.47. The molecular weight excluding hydrogens is 250 g/mol. The van der Waals surface area contributed by atoms with Crippen molar-refractivity contribution in [3.05, 3.63) is 29.8 Å². The molecule has 90 valence electrons. The number of hydrogen-bond donors (Lipinski definition) is 2. The zero-order valence-corrected chi connectivity index (χ0v) is 10.4. The smallest absolute Gasteiger partial charge is 0.233 e. The summed E-state index contributed by atoms with van der Waals surface area (Å²) in [6.07, 6.45) is -0.727. The number of aliphatic hydroxyl groups is 1. The Morgan fingerprint density at radius 2 is 2.06 bits per heavy atom. The predicted molar refractivity (Wildman–Crippen MR) is 65.2 cm³/mol. The van der Waals surface area contributed by atoms with Crippen LogP contribution in [0.25, 0.3) is 0 Å². The first-order valence-corrected chi connectivity index (χ1v) is 6.98. The van der Waals surface area contributed by atoms with Crippen LogP contribution >= 0.6 is 11.6 Å². The largest absolute Gasteiger partial charge is 0.389 e. The molecule has 1 aromatic rings. The third-order valence-electron chi connectivity index (χ3n) is 2.02. The third kappa shape index (κ3) is 3.66. The van der Waals surface area contributed by atoms with Gasteiger partial charge in [-0.05, 0) is 13.0 Å². The van der Waals surface area contributed by atoms with Crippen LogP contribution in [0.3, 0.4) is 0 Å². The van der Waals surface area contributed by atoms with Crippen molar-refractivity contribution in [1.29, 1.82) is 0 Å². The monoisotopic (exact) mass is 263 g/mol. The van der Waals surface area contributed by atoms with Gasteiger partial charge in [0.2, 0.25) is 10.0 Å². The molecule has 6 heteroatoms. The summed E-state index contributed by atoms with van der Waals surface area (Å²) in [7, 11) is -3.43. The molecule has 0 aromatic heterocycles. The van der Waals surface area contributed by atoms with Crippen LogP contribution in [0, 0.1) is 0 Å². The average molecular weight is 264 g/mol. The molecule has 0 aliphatic heterocycles. The Morgan fingerprint density at radius 3 is 2.62 bits per heavy atom. The SMILES string of the molecule is CC(O)c1ccccc1NS(=O)(=O)CCCl. The fourth-order valence-electron chi connectivity index (χ4n) is 1.27. The van der Waals surface area contributed by atoms with E-state index in [-0.39, 0.29) is 11.6 Å². The quantitative estimate of drug-likeness (QED) is 0.795. The van der Waals surface area contributed by atoms with Crippen LogP contribution in [-0.4, -0.2) is 25.2 Å². The number of alkyl halides is 1. The van der Waals surface area contributed by atoms with Gasteiger partial charge in [0, 0.05) is 11.4 Å². The maximum atomic E-state index is 11.5. The van der Waals surface area contributed by atoms with Gasteiger partial charge in [0.05, 0.1) is 17.5 Å². The first kappa shape index (κ1) is 13.3. The number of rotatable bonds is 5. The Hall–Kier alpha value is -0.780. The molecular formula is C10H14ClNO3S. The fraction of sp³-hybridized carbons (Fsp3) is 0.400. The van der Waals surface area contributed by atoms with E-state index in [1.807, 2.05) is 0 Å². The fourth-order valence-corrected chi connectivity index (χ4v) is 2.71. The second-order valence-corrected chi connectivity index (χ2v) is 5.59. The van der Waals surface area contributed by atoms with E-state index in [9.17, 15) is 13.5 Å². The minimum atomic E-state index is -3.43. The summed E-state index contributed by atoms with van der Waals surface area (Å²) >= 11 is 5.39. The molecule has 0 saturated heterocycles. The molecule has 0 aliphatic rings. The highest BCUT2D eigenvalue weighted by Gasteiger charge is 2.13. The Morgan fingerprint density at radius 1 is 1.44 bits per heavy atom. The van der Waals surface area contributed by atoms with E-state index in [2.05, 4.69) is 4.72 Å². The maximum Gasteiger partial charge on any atom is 0.233 e. The number of hydrogen-bond acceptors (Lipinski definition) is 3. The summed E-state index contributed by atoms with van der Waals surface area (Å²) in [5.41, 5.74) is 0.934. The maximum absolute atomic E-state index is 11.5. The number of nitrogens with one attached hydrogen (secondary N) is 1. The Bertz CT molecular complexity index is 445. The van der Waals surface area contributed by atoms with Gasteiger partial charge in [0.1, 0.15) is 0 Å². The van der Waals surface area contributed by atoms with E-state index in [0.29, 0.717) is 11.3 Å². The summed E-state index contributed by atoms with van der Waals surface area (Å²) in [4.78, 5) is 0. The van der Waals surface area contributed by atoms with Crippen LogP contribution in [0.15, 0.2) is 24.3 Å². The highest BCUT2D eigenvalue weighted by Crippen LogP contribution is 2.23. The molecule has 2 N–H and O–H groups in total. The highest BCUT2D eigenvalue weighted by atomic mass is 35.5. The lowest BCUT2D eigenvalue weighted by Crippen LogP contribution is -2.18. The molecule has 0 bridgehead atoms. The number of halogens is 1. The topological polar surface area (TPSA) is 66.4 Å². The highest BCUT2D eigenvalue weighted by molar-refractivity contribution is 7.92. The number of benzene rings is 1. The van der Waals surface area contributed by atoms with Crippen molar-refractivity contribution in [3.63, 3.8) is 0 Å². The standard InChI is InChI=1S/C10H14ClNO3S/c1-8(13)9-4-2-3-5-10(9)12-16(14,15)7-6-11/h2-5,8,12-13H,6-7H2,1H3. The van der Waals surface area contributed by atoms with Crippen molar-refractivity contribution in [2.75, 3.05) is 16.4 Å². The Kier molecular flexibility index (Phi) is 4.58. The Balaban J connectivity index is 2.97. The molecule has 1 unspecified atom stereocenters. The van der Waals surface area contributed by atoms with Gasteiger partial charge in [-0.3, -0.25) is 4.72 Å². The van der Waals surface area contributed by atoms with Crippen molar-refractivity contribution in [3.8, 4) is 0 Å². The summed E-state index contributed by atoms with van der Waals surface area (Å²) < 4.78 is 25.4. The van der Waals surface area contributed by atoms with Crippen LogP contribution in [-0.2, 0) is 10.0 Å². The van der Waals surface area contributed by atoms with Gasteiger partial charge in [-0.1, -0.05) is 18.2 Å². The lowest BCUT2D eigenvalue weighted by molar-refractivity contribution is 0.200. The number of sulfonamides is 1. The van der Waals surface area contributed by atoms with Gasteiger partial charge in [0.25, 0.3) is 0 Å². The second-order valence-electron chi connectivity index (χ2n) is 3.37. The average Bonchev–Trinajstić information content (AvgIpc) is 2.17. The molecule has 0 fully saturated rings. The number of aliphatic hydroxyl groups excluding tert-OH is 1. The predicted octanol–water partition coefficient (Wildman–Crippen LogP) is 1.72. The molecule has 4 nitrogen and oxygen atoms in total.